The van der Waals surface area contributed by atoms with Crippen LogP contribution in [0, 0.1) is 47.3 Å². The topological polar surface area (TPSA) is 245 Å². The molecule has 0 aromatic heterocycles. The van der Waals surface area contributed by atoms with Gasteiger partial charge in [0.25, 0.3) is 0 Å². The average molecular weight is 1170 g/mol. The lowest BCUT2D eigenvalue weighted by Crippen LogP contribution is -2.46. The minimum Gasteiger partial charge on any atom is -0.356 e. The number of benzene rings is 2. The SMILES string of the molecule is C.CSCCC(CC(C)=O)C(=O)NC(CC(C)C)C(=O)CC(Cc1ccccc1)C(=O)NCCC(=O)C(C)C.CSCCC(CC(C)=O)C(=O)NC(CC(C)C)C(=O)CC(Cc1ccccc1)C(=O)NCCCCC(N)C(=O)C(C)C. The minimum atomic E-state index is -0.736. The van der Waals surface area contributed by atoms with E-state index in [4.69, 9.17) is 5.73 Å². The van der Waals surface area contributed by atoms with Crippen molar-refractivity contribution in [2.75, 3.05) is 37.1 Å². The molecule has 7 atom stereocenters. The Kier molecular flexibility index (Phi) is 40.1. The number of carbonyl (C=O) groups excluding carboxylic acids is 10. The van der Waals surface area contributed by atoms with Crippen molar-refractivity contribution in [3.63, 3.8) is 0 Å². The van der Waals surface area contributed by atoms with Gasteiger partial charge in [0, 0.05) is 80.7 Å². The molecule has 456 valence electrons. The average Bonchev–Trinajstić information content (AvgIpc) is 3.40. The molecule has 6 N–H and O–H groups in total. The lowest BCUT2D eigenvalue weighted by molar-refractivity contribution is -0.134. The molecule has 0 aliphatic carbocycles. The van der Waals surface area contributed by atoms with Gasteiger partial charge in [-0.05, 0) is 119 Å². The van der Waals surface area contributed by atoms with Crippen LogP contribution < -0.4 is 27.0 Å². The fourth-order valence-corrected chi connectivity index (χ4v) is 10.2. The van der Waals surface area contributed by atoms with Gasteiger partial charge in [0.2, 0.25) is 23.6 Å². The van der Waals surface area contributed by atoms with Gasteiger partial charge in [-0.2, -0.15) is 23.5 Å². The standard InChI is InChI=1S/C33H53N3O5S.C30H46N2O5S.CH4/c1-22(2)18-29(36-33(41)26(15-17-42-6)19-24(5)37)30(38)21-27(20-25-12-8-7-9-13-25)32(40)35-16-11-10-14-28(34)31(39)23(3)4;1-20(2)16-26(32-30(37)24(13-15-38-6)17-22(5)33)28(35)19-25(18-23-10-8-7-9-11-23)29(36)31-14-12-27(34)21(3)4;/h7-9,12-13,22-23,26-29H,10-11,14-21,34H2,1-6H3,(H,35,40)(H,36,41);7-11,20-21,24-26H,12-19H2,1-6H3,(H,31,36)(H,32,37);1H4. The maximum absolute atomic E-state index is 13.6. The number of rotatable bonds is 41. The molecule has 4 amide bonds. The Morgan fingerprint density at radius 2 is 0.877 bits per heavy atom. The van der Waals surface area contributed by atoms with E-state index in [1.54, 1.807) is 23.5 Å². The summed E-state index contributed by atoms with van der Waals surface area (Å²) in [6.45, 7) is 18.9. The second kappa shape index (κ2) is 42.8. The molecule has 2 aromatic rings. The molecule has 2 aromatic carbocycles. The van der Waals surface area contributed by atoms with Crippen molar-refractivity contribution < 1.29 is 47.9 Å². The third-order valence-corrected chi connectivity index (χ3v) is 15.0. The van der Waals surface area contributed by atoms with Gasteiger partial charge >= 0.3 is 0 Å². The number of thioether (sulfide) groups is 2. The summed E-state index contributed by atoms with van der Waals surface area (Å²) in [7, 11) is 0. The lowest BCUT2D eigenvalue weighted by atomic mass is 9.88. The highest BCUT2D eigenvalue weighted by Gasteiger charge is 2.33. The molecule has 0 fully saturated rings. The molecular formula is C64H103N5O10S2. The van der Waals surface area contributed by atoms with E-state index in [2.05, 4.69) is 21.3 Å². The molecule has 0 radical (unpaired) electrons. The summed E-state index contributed by atoms with van der Waals surface area (Å²) in [6, 6.07) is 17.1. The number of nitrogens with two attached hydrogens (primary N) is 1. The van der Waals surface area contributed by atoms with E-state index in [1.165, 1.54) is 13.8 Å². The van der Waals surface area contributed by atoms with Crippen LogP contribution in [-0.4, -0.2) is 114 Å². The molecular weight excluding hydrogens is 1060 g/mol. The van der Waals surface area contributed by atoms with Crippen molar-refractivity contribution >= 4 is 81.9 Å². The quantitative estimate of drug-likeness (QED) is 0.0390. The summed E-state index contributed by atoms with van der Waals surface area (Å²) in [5, 5.41) is 11.7. The first-order chi connectivity index (χ1) is 37.8. The fourth-order valence-electron chi connectivity index (χ4n) is 9.17. The summed E-state index contributed by atoms with van der Waals surface area (Å²) in [5.41, 5.74) is 7.87. The van der Waals surface area contributed by atoms with Crippen LogP contribution >= 0.6 is 23.5 Å². The molecule has 2 rings (SSSR count). The van der Waals surface area contributed by atoms with Crippen molar-refractivity contribution in [2.24, 2.45) is 53.1 Å². The van der Waals surface area contributed by atoms with Gasteiger partial charge in [-0.15, -0.1) is 0 Å². The first-order valence-electron chi connectivity index (χ1n) is 28.9. The highest BCUT2D eigenvalue weighted by atomic mass is 32.2. The minimum absolute atomic E-state index is 0. The van der Waals surface area contributed by atoms with Gasteiger partial charge in [0.1, 0.15) is 17.3 Å². The Labute approximate surface area is 495 Å². The molecule has 0 aliphatic heterocycles. The Morgan fingerprint density at radius 1 is 0.481 bits per heavy atom. The van der Waals surface area contributed by atoms with Crippen LogP contribution in [0.4, 0.5) is 0 Å². The predicted octanol–water partition coefficient (Wildman–Crippen LogP) is 9.57. The van der Waals surface area contributed by atoms with E-state index in [1.807, 2.05) is 129 Å². The lowest BCUT2D eigenvalue weighted by Gasteiger charge is -2.25. The number of Topliss-reactive ketones (excluding diaryl/α,β-unsaturated/α-hetero) is 6. The molecule has 15 nitrogen and oxygen atoms in total. The van der Waals surface area contributed by atoms with Crippen molar-refractivity contribution in [1.82, 2.24) is 21.3 Å². The zero-order valence-corrected chi connectivity index (χ0v) is 52.0. The van der Waals surface area contributed by atoms with Gasteiger partial charge in [-0.1, -0.05) is 123 Å². The molecule has 7 unspecified atom stereocenters. The van der Waals surface area contributed by atoms with E-state index in [-0.39, 0.29) is 128 Å². The predicted molar refractivity (Wildman–Crippen MR) is 332 cm³/mol. The maximum Gasteiger partial charge on any atom is 0.224 e. The van der Waals surface area contributed by atoms with Crippen LogP contribution in [0.3, 0.4) is 0 Å². The molecule has 0 bridgehead atoms. The monoisotopic (exact) mass is 1170 g/mol. The molecule has 0 heterocycles. The fraction of sp³-hybridized carbons (Fsp3) is 0.656. The van der Waals surface area contributed by atoms with Crippen LogP contribution in [0.1, 0.15) is 165 Å². The highest BCUT2D eigenvalue weighted by Crippen LogP contribution is 2.22. The van der Waals surface area contributed by atoms with Crippen molar-refractivity contribution in [1.29, 1.82) is 0 Å². The van der Waals surface area contributed by atoms with E-state index in [0.717, 1.165) is 22.6 Å². The van der Waals surface area contributed by atoms with Crippen LogP contribution in [0.15, 0.2) is 60.7 Å². The number of unbranched alkanes of at least 4 members (excludes halogenated alkanes) is 1. The number of ketones is 6. The molecule has 0 saturated heterocycles. The first kappa shape index (κ1) is 76.0. The smallest absolute Gasteiger partial charge is 0.224 e. The molecule has 0 aliphatic rings. The van der Waals surface area contributed by atoms with Crippen molar-refractivity contribution in [3.8, 4) is 0 Å². The molecule has 0 spiro atoms. The van der Waals surface area contributed by atoms with Crippen molar-refractivity contribution in [3.05, 3.63) is 71.8 Å². The second-order valence-corrected chi connectivity index (χ2v) is 24.8. The maximum atomic E-state index is 13.6. The first-order valence-corrected chi connectivity index (χ1v) is 31.7. The third-order valence-electron chi connectivity index (χ3n) is 13.8. The van der Waals surface area contributed by atoms with E-state index in [0.29, 0.717) is 64.3 Å². The second-order valence-electron chi connectivity index (χ2n) is 22.9. The molecule has 0 saturated carbocycles. The third kappa shape index (κ3) is 33.6. The Hall–Kier alpha value is -5.00. The number of nitrogens with one attached hydrogen (secondary N) is 4. The van der Waals surface area contributed by atoms with Gasteiger partial charge in [-0.25, -0.2) is 0 Å². The zero-order chi connectivity index (χ0) is 60.3. The summed E-state index contributed by atoms with van der Waals surface area (Å²) < 4.78 is 0. The summed E-state index contributed by atoms with van der Waals surface area (Å²) in [4.78, 5) is 128. The Balaban J connectivity index is 0.00000157. The van der Waals surface area contributed by atoms with Crippen molar-refractivity contribution in [2.45, 2.75) is 185 Å². The summed E-state index contributed by atoms with van der Waals surface area (Å²) >= 11 is 3.22. The van der Waals surface area contributed by atoms with Crippen LogP contribution in [0.5, 0.6) is 0 Å². The number of amides is 4. The van der Waals surface area contributed by atoms with E-state index in [9.17, 15) is 47.9 Å². The highest BCUT2D eigenvalue weighted by molar-refractivity contribution is 7.98. The summed E-state index contributed by atoms with van der Waals surface area (Å²) in [5.74, 6) is -2.06. The summed E-state index contributed by atoms with van der Waals surface area (Å²) in [6.07, 6.45) is 9.14. The van der Waals surface area contributed by atoms with Gasteiger partial charge < -0.3 is 36.6 Å². The van der Waals surface area contributed by atoms with Gasteiger partial charge in [-0.3, -0.25) is 38.4 Å². The molecule has 17 heteroatoms. The van der Waals surface area contributed by atoms with Crippen LogP contribution in [0.2, 0.25) is 0 Å². The van der Waals surface area contributed by atoms with E-state index >= 15 is 0 Å². The van der Waals surface area contributed by atoms with Crippen LogP contribution in [0.25, 0.3) is 0 Å². The van der Waals surface area contributed by atoms with Gasteiger partial charge in [0.15, 0.2) is 17.3 Å². The number of hydrogen-bond donors (Lipinski definition) is 5. The molecule has 81 heavy (non-hydrogen) atoms. The number of hydrogen-bond acceptors (Lipinski definition) is 13. The largest absolute Gasteiger partial charge is 0.356 e. The van der Waals surface area contributed by atoms with E-state index < -0.39 is 41.8 Å². The zero-order valence-electron chi connectivity index (χ0n) is 50.3. The Bertz CT molecular complexity index is 2220. The van der Waals surface area contributed by atoms with Crippen LogP contribution in [-0.2, 0) is 60.8 Å². The van der Waals surface area contributed by atoms with Gasteiger partial charge in [0.05, 0.1) is 18.1 Å². The number of carbonyl (C=O) groups is 10. The Morgan fingerprint density at radius 3 is 1.22 bits per heavy atom. The normalized spacial score (nSPS) is 13.7.